The molecule has 0 spiro atoms. The van der Waals surface area contributed by atoms with Gasteiger partial charge in [0.2, 0.25) is 0 Å². The molecule has 5 heteroatoms. The largest absolute Gasteiger partial charge is 0.479 e. The van der Waals surface area contributed by atoms with Crippen molar-refractivity contribution in [3.05, 3.63) is 63.6 Å². The molecule has 1 atom stereocenters. The third-order valence-electron chi connectivity index (χ3n) is 3.07. The number of carboxylic acid groups (broad SMARTS) is 1. The number of anilines is 1. The van der Waals surface area contributed by atoms with Crippen molar-refractivity contribution in [2.45, 2.75) is 12.5 Å². The van der Waals surface area contributed by atoms with Crippen molar-refractivity contribution in [3.8, 4) is 0 Å². The van der Waals surface area contributed by atoms with Crippen LogP contribution in [0.5, 0.6) is 0 Å². The van der Waals surface area contributed by atoms with Crippen LogP contribution in [0.2, 0.25) is 5.02 Å². The van der Waals surface area contributed by atoms with Gasteiger partial charge in [-0.15, -0.1) is 0 Å². The molecule has 2 rings (SSSR count). The smallest absolute Gasteiger partial charge is 0.333 e. The molecule has 2 N–H and O–H groups in total. The topological polar surface area (TPSA) is 49.3 Å². The van der Waals surface area contributed by atoms with Gasteiger partial charge < -0.3 is 10.4 Å². The number of carbonyl (C=O) groups is 1. The standard InChI is InChI=1S/C15H13BrClNO2/c1-15(14(19)20,10-3-2-4-12(17)9-10)18-13-7-5-11(16)6-8-13/h2-9,18H,1H3,(H,19,20). The highest BCUT2D eigenvalue weighted by Crippen LogP contribution is 2.29. The van der Waals surface area contributed by atoms with Gasteiger partial charge in [0.15, 0.2) is 5.54 Å². The molecule has 0 radical (unpaired) electrons. The Balaban J connectivity index is 2.39. The summed E-state index contributed by atoms with van der Waals surface area (Å²) >= 11 is 9.30. The Kier molecular flexibility index (Phi) is 4.35. The first kappa shape index (κ1) is 14.9. The quantitative estimate of drug-likeness (QED) is 0.849. The van der Waals surface area contributed by atoms with Gasteiger partial charge in [0, 0.05) is 15.2 Å². The summed E-state index contributed by atoms with van der Waals surface area (Å²) in [5.74, 6) is -0.970. The second-order valence-electron chi connectivity index (χ2n) is 4.57. The van der Waals surface area contributed by atoms with Gasteiger partial charge in [-0.1, -0.05) is 39.7 Å². The van der Waals surface area contributed by atoms with Crippen molar-refractivity contribution in [2.24, 2.45) is 0 Å². The zero-order chi connectivity index (χ0) is 14.8. The number of rotatable bonds is 4. The molecular formula is C15H13BrClNO2. The zero-order valence-electron chi connectivity index (χ0n) is 10.7. The van der Waals surface area contributed by atoms with Crippen LogP contribution in [0.1, 0.15) is 12.5 Å². The van der Waals surface area contributed by atoms with Crippen LogP contribution in [0.3, 0.4) is 0 Å². The zero-order valence-corrected chi connectivity index (χ0v) is 13.1. The minimum Gasteiger partial charge on any atom is -0.479 e. The van der Waals surface area contributed by atoms with E-state index in [0.29, 0.717) is 10.6 Å². The summed E-state index contributed by atoms with van der Waals surface area (Å²) in [7, 11) is 0. The first-order valence-electron chi connectivity index (χ1n) is 5.95. The predicted molar refractivity (Wildman–Crippen MR) is 84.2 cm³/mol. The highest BCUT2D eigenvalue weighted by Gasteiger charge is 2.35. The van der Waals surface area contributed by atoms with E-state index >= 15 is 0 Å². The number of nitrogens with one attached hydrogen (secondary N) is 1. The maximum atomic E-state index is 11.7. The molecule has 2 aromatic rings. The van der Waals surface area contributed by atoms with E-state index in [9.17, 15) is 9.90 Å². The lowest BCUT2D eigenvalue weighted by atomic mass is 9.91. The summed E-state index contributed by atoms with van der Waals surface area (Å²) in [5.41, 5.74) is 0.0668. The number of aliphatic carboxylic acids is 1. The molecule has 0 aliphatic carbocycles. The van der Waals surface area contributed by atoms with Crippen molar-refractivity contribution in [2.75, 3.05) is 5.32 Å². The van der Waals surface area contributed by atoms with E-state index in [4.69, 9.17) is 11.6 Å². The average Bonchev–Trinajstić information content (AvgIpc) is 2.41. The fraction of sp³-hybridized carbons (Fsp3) is 0.133. The number of carboxylic acids is 1. The Hall–Kier alpha value is -1.52. The molecule has 0 aliphatic rings. The highest BCUT2D eigenvalue weighted by molar-refractivity contribution is 9.10. The summed E-state index contributed by atoms with van der Waals surface area (Å²) in [6.45, 7) is 1.61. The summed E-state index contributed by atoms with van der Waals surface area (Å²) < 4.78 is 0.933. The number of benzene rings is 2. The molecule has 1 unspecified atom stereocenters. The van der Waals surface area contributed by atoms with Crippen molar-refractivity contribution in [1.82, 2.24) is 0 Å². The summed E-state index contributed by atoms with van der Waals surface area (Å²) in [4.78, 5) is 11.7. The Bertz CT molecular complexity index is 630. The molecule has 0 aromatic heterocycles. The predicted octanol–water partition coefficient (Wildman–Crippen LogP) is 4.51. The normalized spacial score (nSPS) is 13.6. The van der Waals surface area contributed by atoms with Crippen LogP contribution in [0.4, 0.5) is 5.69 Å². The Morgan fingerprint density at radius 3 is 2.45 bits per heavy atom. The molecule has 2 aromatic carbocycles. The fourth-order valence-corrected chi connectivity index (χ4v) is 2.33. The molecule has 0 bridgehead atoms. The van der Waals surface area contributed by atoms with Gasteiger partial charge >= 0.3 is 5.97 Å². The third kappa shape index (κ3) is 3.14. The molecule has 0 fully saturated rings. The van der Waals surface area contributed by atoms with Gasteiger partial charge in [-0.2, -0.15) is 0 Å². The molecule has 0 saturated heterocycles. The fourth-order valence-electron chi connectivity index (χ4n) is 1.87. The molecule has 0 aliphatic heterocycles. The number of halogens is 2. The van der Waals surface area contributed by atoms with Gasteiger partial charge in [-0.05, 0) is 48.9 Å². The number of hydrogen-bond donors (Lipinski definition) is 2. The van der Waals surface area contributed by atoms with Crippen LogP contribution in [0, 0.1) is 0 Å². The van der Waals surface area contributed by atoms with E-state index < -0.39 is 11.5 Å². The molecule has 104 valence electrons. The highest BCUT2D eigenvalue weighted by atomic mass is 79.9. The second-order valence-corrected chi connectivity index (χ2v) is 5.92. The van der Waals surface area contributed by atoms with Crippen LogP contribution < -0.4 is 5.32 Å². The molecule has 0 saturated carbocycles. The van der Waals surface area contributed by atoms with Crippen LogP contribution in [-0.2, 0) is 10.3 Å². The monoisotopic (exact) mass is 353 g/mol. The first-order valence-corrected chi connectivity index (χ1v) is 7.12. The van der Waals surface area contributed by atoms with Gasteiger partial charge in [0.1, 0.15) is 0 Å². The van der Waals surface area contributed by atoms with Crippen molar-refractivity contribution >= 4 is 39.2 Å². The maximum absolute atomic E-state index is 11.7. The lowest BCUT2D eigenvalue weighted by molar-refractivity contribution is -0.142. The summed E-state index contributed by atoms with van der Waals surface area (Å²) in [6.07, 6.45) is 0. The van der Waals surface area contributed by atoms with E-state index in [0.717, 1.165) is 10.2 Å². The Morgan fingerprint density at radius 2 is 1.90 bits per heavy atom. The Morgan fingerprint density at radius 1 is 1.25 bits per heavy atom. The van der Waals surface area contributed by atoms with Crippen LogP contribution in [0.25, 0.3) is 0 Å². The average molecular weight is 355 g/mol. The molecule has 20 heavy (non-hydrogen) atoms. The molecular weight excluding hydrogens is 342 g/mol. The molecule has 3 nitrogen and oxygen atoms in total. The van der Waals surface area contributed by atoms with Crippen LogP contribution in [-0.4, -0.2) is 11.1 Å². The second kappa shape index (κ2) is 5.85. The van der Waals surface area contributed by atoms with Gasteiger partial charge in [0.25, 0.3) is 0 Å². The SMILES string of the molecule is CC(Nc1ccc(Br)cc1)(C(=O)O)c1cccc(Cl)c1. The van der Waals surface area contributed by atoms with E-state index in [1.165, 1.54) is 0 Å². The van der Waals surface area contributed by atoms with Crippen molar-refractivity contribution in [3.63, 3.8) is 0 Å². The van der Waals surface area contributed by atoms with E-state index in [1.807, 2.05) is 24.3 Å². The van der Waals surface area contributed by atoms with Gasteiger partial charge in [-0.25, -0.2) is 4.79 Å². The van der Waals surface area contributed by atoms with E-state index in [1.54, 1.807) is 31.2 Å². The van der Waals surface area contributed by atoms with Crippen molar-refractivity contribution in [1.29, 1.82) is 0 Å². The Labute approximate surface area is 130 Å². The van der Waals surface area contributed by atoms with E-state index in [-0.39, 0.29) is 0 Å². The lowest BCUT2D eigenvalue weighted by Gasteiger charge is -2.28. The molecule has 0 amide bonds. The minimum atomic E-state index is -1.25. The van der Waals surface area contributed by atoms with Crippen LogP contribution in [0.15, 0.2) is 53.0 Å². The summed E-state index contributed by atoms with van der Waals surface area (Å²) in [6, 6.07) is 14.2. The maximum Gasteiger partial charge on any atom is 0.333 e. The molecule has 0 heterocycles. The van der Waals surface area contributed by atoms with Gasteiger partial charge in [0.05, 0.1) is 0 Å². The first-order chi connectivity index (χ1) is 9.41. The lowest BCUT2D eigenvalue weighted by Crippen LogP contribution is -2.40. The summed E-state index contributed by atoms with van der Waals surface area (Å²) in [5, 5.41) is 13.1. The third-order valence-corrected chi connectivity index (χ3v) is 3.83. The van der Waals surface area contributed by atoms with Crippen LogP contribution >= 0.6 is 27.5 Å². The van der Waals surface area contributed by atoms with E-state index in [2.05, 4.69) is 21.2 Å². The van der Waals surface area contributed by atoms with Gasteiger partial charge in [-0.3, -0.25) is 0 Å². The minimum absolute atomic E-state index is 0.507. The van der Waals surface area contributed by atoms with Crippen molar-refractivity contribution < 1.29 is 9.90 Å². The number of hydrogen-bond acceptors (Lipinski definition) is 2.